The molecule has 5 rings (SSSR count). The minimum atomic E-state index is -1.26. The Morgan fingerprint density at radius 1 is 0.868 bits per heavy atom. The summed E-state index contributed by atoms with van der Waals surface area (Å²) in [6.45, 7) is 0.627. The number of aliphatic hydroxyl groups is 1. The Kier molecular flexibility index (Phi) is 7.75. The number of aromatic nitrogens is 1. The topological polar surface area (TPSA) is 54.4 Å². The third kappa shape index (κ3) is 5.03. The van der Waals surface area contributed by atoms with Crippen LogP contribution < -0.4 is 10.1 Å². The standard InChI is InChI=1S/C33H31ClN2O2/c1-35-22-21-33(37,29-14-8-12-23-9-6-7-13-27(23)29)31(25-10-4-3-5-11-25)28-19-20-30(36-32(28)38-2)24-15-17-26(34)18-16-24/h3-20,31,35,37H,21-22H2,1-2H3/t31-,33-/m1/s1. The fourth-order valence-electron chi connectivity index (χ4n) is 5.33. The predicted octanol–water partition coefficient (Wildman–Crippen LogP) is 7.19. The first kappa shape index (κ1) is 25.9. The molecule has 5 heteroatoms. The van der Waals surface area contributed by atoms with Gasteiger partial charge in [0.15, 0.2) is 0 Å². The van der Waals surface area contributed by atoms with Gasteiger partial charge in [-0.1, -0.05) is 103 Å². The van der Waals surface area contributed by atoms with Gasteiger partial charge >= 0.3 is 0 Å². The van der Waals surface area contributed by atoms with Crippen LogP contribution in [0, 0.1) is 0 Å². The van der Waals surface area contributed by atoms with E-state index in [0.717, 1.165) is 38.7 Å². The van der Waals surface area contributed by atoms with Crippen molar-refractivity contribution < 1.29 is 9.84 Å². The Hall–Kier alpha value is -3.70. The van der Waals surface area contributed by atoms with Crippen molar-refractivity contribution in [3.05, 3.63) is 131 Å². The molecule has 0 bridgehead atoms. The first-order chi connectivity index (χ1) is 18.5. The lowest BCUT2D eigenvalue weighted by Gasteiger charge is -2.39. The smallest absolute Gasteiger partial charge is 0.217 e. The zero-order valence-corrected chi connectivity index (χ0v) is 22.3. The zero-order chi connectivity index (χ0) is 26.5. The average Bonchev–Trinajstić information content (AvgIpc) is 2.97. The van der Waals surface area contributed by atoms with Crippen molar-refractivity contribution in [2.45, 2.75) is 17.9 Å². The largest absolute Gasteiger partial charge is 0.481 e. The van der Waals surface area contributed by atoms with Crippen molar-refractivity contribution in [1.82, 2.24) is 10.3 Å². The average molecular weight is 523 g/mol. The minimum Gasteiger partial charge on any atom is -0.481 e. The van der Waals surface area contributed by atoms with Crippen LogP contribution in [0.2, 0.25) is 5.02 Å². The van der Waals surface area contributed by atoms with Gasteiger partial charge in [-0.25, -0.2) is 4.98 Å². The lowest BCUT2D eigenvalue weighted by molar-refractivity contribution is 0.0118. The zero-order valence-electron chi connectivity index (χ0n) is 21.6. The molecule has 0 aliphatic rings. The van der Waals surface area contributed by atoms with Crippen LogP contribution in [0.15, 0.2) is 109 Å². The number of nitrogens with one attached hydrogen (secondary N) is 1. The molecule has 5 aromatic rings. The van der Waals surface area contributed by atoms with Gasteiger partial charge in [-0.3, -0.25) is 0 Å². The number of ether oxygens (including phenoxy) is 1. The predicted molar refractivity (Wildman–Crippen MR) is 156 cm³/mol. The van der Waals surface area contributed by atoms with E-state index in [-0.39, 0.29) is 0 Å². The third-order valence-electron chi connectivity index (χ3n) is 7.16. The molecule has 0 aliphatic carbocycles. The number of rotatable bonds is 9. The maximum atomic E-state index is 12.9. The summed E-state index contributed by atoms with van der Waals surface area (Å²) in [5.41, 5.74) is 3.14. The van der Waals surface area contributed by atoms with Crippen molar-refractivity contribution in [1.29, 1.82) is 0 Å². The van der Waals surface area contributed by atoms with Gasteiger partial charge < -0.3 is 15.2 Å². The maximum Gasteiger partial charge on any atom is 0.217 e. The number of benzene rings is 4. The van der Waals surface area contributed by atoms with Crippen LogP contribution in [0.5, 0.6) is 5.88 Å². The summed E-state index contributed by atoms with van der Waals surface area (Å²) in [7, 11) is 3.54. The number of fused-ring (bicyclic) bond motifs is 1. The molecule has 0 amide bonds. The number of hydrogen-bond donors (Lipinski definition) is 2. The van der Waals surface area contributed by atoms with Crippen LogP contribution in [0.4, 0.5) is 0 Å². The molecule has 0 unspecified atom stereocenters. The van der Waals surface area contributed by atoms with Gasteiger partial charge in [-0.2, -0.15) is 0 Å². The van der Waals surface area contributed by atoms with Gasteiger partial charge in [0.2, 0.25) is 5.88 Å². The summed E-state index contributed by atoms with van der Waals surface area (Å²) in [4.78, 5) is 4.90. The quantitative estimate of drug-likeness (QED) is 0.215. The molecule has 1 aromatic heterocycles. The Morgan fingerprint density at radius 3 is 2.32 bits per heavy atom. The van der Waals surface area contributed by atoms with E-state index in [4.69, 9.17) is 21.3 Å². The van der Waals surface area contributed by atoms with Crippen molar-refractivity contribution >= 4 is 22.4 Å². The van der Waals surface area contributed by atoms with Crippen molar-refractivity contribution in [3.8, 4) is 17.1 Å². The summed E-state index contributed by atoms with van der Waals surface area (Å²) in [6.07, 6.45) is 0.485. The molecule has 0 radical (unpaired) electrons. The number of halogens is 1. The van der Waals surface area contributed by atoms with Crippen molar-refractivity contribution in [3.63, 3.8) is 0 Å². The van der Waals surface area contributed by atoms with E-state index in [0.29, 0.717) is 23.9 Å². The second-order valence-corrected chi connectivity index (χ2v) is 9.89. The molecule has 1 heterocycles. The Balaban J connectivity index is 1.74. The normalized spacial score (nSPS) is 13.7. The first-order valence-electron chi connectivity index (χ1n) is 12.8. The van der Waals surface area contributed by atoms with Gasteiger partial charge in [0.25, 0.3) is 0 Å². The molecule has 0 spiro atoms. The van der Waals surface area contributed by atoms with E-state index in [9.17, 15) is 5.11 Å². The molecule has 0 aliphatic heterocycles. The Bertz CT molecular complexity index is 1520. The van der Waals surface area contributed by atoms with E-state index in [1.165, 1.54) is 0 Å². The molecule has 4 nitrogen and oxygen atoms in total. The molecule has 0 saturated heterocycles. The van der Waals surface area contributed by atoms with Crippen LogP contribution in [0.1, 0.15) is 29.0 Å². The van der Waals surface area contributed by atoms with E-state index in [2.05, 4.69) is 35.6 Å². The fraction of sp³-hybridized carbons (Fsp3) is 0.182. The first-order valence-corrected chi connectivity index (χ1v) is 13.1. The van der Waals surface area contributed by atoms with E-state index < -0.39 is 11.5 Å². The molecule has 2 N–H and O–H groups in total. The van der Waals surface area contributed by atoms with Gasteiger partial charge in [-0.15, -0.1) is 0 Å². The van der Waals surface area contributed by atoms with Crippen LogP contribution >= 0.6 is 11.6 Å². The SMILES string of the molecule is CNCC[C@@](O)(c1cccc2ccccc12)[C@H](c1ccccc1)c1ccc(-c2ccc(Cl)cc2)nc1OC. The third-order valence-corrected chi connectivity index (χ3v) is 7.41. The Labute approximate surface area is 228 Å². The molecule has 2 atom stereocenters. The lowest BCUT2D eigenvalue weighted by Crippen LogP contribution is -2.37. The highest BCUT2D eigenvalue weighted by Crippen LogP contribution is 2.48. The summed E-state index contributed by atoms with van der Waals surface area (Å²) in [5.74, 6) is 0.0407. The number of nitrogens with zero attached hydrogens (tertiary/aromatic N) is 1. The fourth-order valence-corrected chi connectivity index (χ4v) is 5.45. The monoisotopic (exact) mass is 522 g/mol. The summed E-state index contributed by atoms with van der Waals surface area (Å²) in [6, 6.07) is 36.1. The second-order valence-electron chi connectivity index (χ2n) is 9.45. The molecular formula is C33H31ClN2O2. The number of methoxy groups -OCH3 is 1. The van der Waals surface area contributed by atoms with Gasteiger partial charge in [0, 0.05) is 22.1 Å². The molecule has 4 aromatic carbocycles. The second kappa shape index (κ2) is 11.4. The molecule has 38 heavy (non-hydrogen) atoms. The van der Waals surface area contributed by atoms with E-state index in [1.807, 2.05) is 85.9 Å². The number of pyridine rings is 1. The minimum absolute atomic E-state index is 0.440. The molecule has 192 valence electrons. The van der Waals surface area contributed by atoms with E-state index in [1.54, 1.807) is 7.11 Å². The molecular weight excluding hydrogens is 492 g/mol. The van der Waals surface area contributed by atoms with Crippen molar-refractivity contribution in [2.75, 3.05) is 20.7 Å². The van der Waals surface area contributed by atoms with Crippen LogP contribution in [0.25, 0.3) is 22.0 Å². The van der Waals surface area contributed by atoms with Gasteiger partial charge in [0.1, 0.15) is 5.60 Å². The van der Waals surface area contributed by atoms with Gasteiger partial charge in [-0.05, 0) is 60.1 Å². The lowest BCUT2D eigenvalue weighted by atomic mass is 9.71. The summed E-state index contributed by atoms with van der Waals surface area (Å²) >= 11 is 6.11. The Morgan fingerprint density at radius 2 is 1.58 bits per heavy atom. The number of hydrogen-bond acceptors (Lipinski definition) is 4. The molecule has 0 fully saturated rings. The highest BCUT2D eigenvalue weighted by Gasteiger charge is 2.42. The summed E-state index contributed by atoms with van der Waals surface area (Å²) in [5, 5.41) is 18.9. The highest BCUT2D eigenvalue weighted by molar-refractivity contribution is 6.30. The van der Waals surface area contributed by atoms with E-state index >= 15 is 0 Å². The van der Waals surface area contributed by atoms with Crippen LogP contribution in [-0.4, -0.2) is 30.8 Å². The highest BCUT2D eigenvalue weighted by atomic mass is 35.5. The van der Waals surface area contributed by atoms with Gasteiger partial charge in [0.05, 0.1) is 12.8 Å². The van der Waals surface area contributed by atoms with Crippen LogP contribution in [-0.2, 0) is 5.60 Å². The van der Waals surface area contributed by atoms with Crippen LogP contribution in [0.3, 0.4) is 0 Å². The summed E-state index contributed by atoms with van der Waals surface area (Å²) < 4.78 is 5.89. The molecule has 0 saturated carbocycles. The van der Waals surface area contributed by atoms with Crippen molar-refractivity contribution in [2.24, 2.45) is 0 Å². The maximum absolute atomic E-state index is 12.9.